The van der Waals surface area contributed by atoms with E-state index in [-0.39, 0.29) is 6.54 Å². The number of likely N-dealkylation sites (N-methyl/N-ethyl adjacent to an activating group) is 1. The number of amides is 1. The minimum atomic E-state index is -4.41. The van der Waals surface area contributed by atoms with Crippen molar-refractivity contribution in [3.05, 3.63) is 0 Å². The van der Waals surface area contributed by atoms with Gasteiger partial charge in [-0.15, -0.1) is 0 Å². The summed E-state index contributed by atoms with van der Waals surface area (Å²) in [6, 6.07) is 0. The summed E-state index contributed by atoms with van der Waals surface area (Å²) < 4.78 is 42.1. The molecule has 0 aromatic carbocycles. The average molecular weight is 354 g/mol. The SMILES string of the molecule is CCCCOCCCNC(=NCC(=O)N(C)CC(F)(F)F)NCC. The van der Waals surface area contributed by atoms with Crippen molar-refractivity contribution in [3.8, 4) is 0 Å². The Morgan fingerprint density at radius 2 is 1.83 bits per heavy atom. The van der Waals surface area contributed by atoms with Crippen molar-refractivity contribution in [3.63, 3.8) is 0 Å². The fraction of sp³-hybridized carbons (Fsp3) is 0.867. The highest BCUT2D eigenvalue weighted by molar-refractivity contribution is 5.84. The molecule has 0 unspecified atom stereocenters. The first-order valence-electron chi connectivity index (χ1n) is 8.20. The fourth-order valence-electron chi connectivity index (χ4n) is 1.70. The van der Waals surface area contributed by atoms with Gasteiger partial charge in [-0.1, -0.05) is 13.3 Å². The highest BCUT2D eigenvalue weighted by Crippen LogP contribution is 2.15. The minimum Gasteiger partial charge on any atom is -0.381 e. The third-order valence-corrected chi connectivity index (χ3v) is 2.96. The molecule has 6 nitrogen and oxygen atoms in total. The second-order valence-electron chi connectivity index (χ2n) is 5.31. The number of nitrogens with zero attached hydrogens (tertiary/aromatic N) is 2. The van der Waals surface area contributed by atoms with Gasteiger partial charge in [0, 0.05) is 33.4 Å². The number of hydrogen-bond acceptors (Lipinski definition) is 3. The van der Waals surface area contributed by atoms with Crippen molar-refractivity contribution >= 4 is 11.9 Å². The van der Waals surface area contributed by atoms with E-state index >= 15 is 0 Å². The van der Waals surface area contributed by atoms with Crippen LogP contribution in [0.15, 0.2) is 4.99 Å². The van der Waals surface area contributed by atoms with E-state index in [0.717, 1.165) is 32.9 Å². The molecule has 0 atom stereocenters. The minimum absolute atomic E-state index is 0.338. The first kappa shape index (κ1) is 22.5. The van der Waals surface area contributed by atoms with Crippen LogP contribution in [0.4, 0.5) is 13.2 Å². The Labute approximate surface area is 141 Å². The van der Waals surface area contributed by atoms with Crippen LogP contribution in [0, 0.1) is 0 Å². The first-order chi connectivity index (χ1) is 11.3. The van der Waals surface area contributed by atoms with E-state index in [1.165, 1.54) is 0 Å². The number of alkyl halides is 3. The zero-order valence-corrected chi connectivity index (χ0v) is 14.7. The summed E-state index contributed by atoms with van der Waals surface area (Å²) in [5, 5.41) is 5.96. The first-order valence-corrected chi connectivity index (χ1v) is 8.20. The molecule has 0 heterocycles. The van der Waals surface area contributed by atoms with Crippen molar-refractivity contribution in [1.29, 1.82) is 0 Å². The van der Waals surface area contributed by atoms with E-state index in [1.54, 1.807) is 0 Å². The lowest BCUT2D eigenvalue weighted by molar-refractivity contribution is -0.157. The van der Waals surface area contributed by atoms with E-state index in [0.29, 0.717) is 30.6 Å². The van der Waals surface area contributed by atoms with Gasteiger partial charge >= 0.3 is 6.18 Å². The molecule has 1 amide bonds. The second kappa shape index (κ2) is 12.9. The van der Waals surface area contributed by atoms with Crippen molar-refractivity contribution in [2.24, 2.45) is 4.99 Å². The van der Waals surface area contributed by atoms with E-state index in [4.69, 9.17) is 4.74 Å². The van der Waals surface area contributed by atoms with Gasteiger partial charge in [-0.05, 0) is 19.8 Å². The number of ether oxygens (including phenoxy) is 1. The Balaban J connectivity index is 4.15. The van der Waals surface area contributed by atoms with Gasteiger partial charge in [0.05, 0.1) is 0 Å². The quantitative estimate of drug-likeness (QED) is 0.337. The highest BCUT2D eigenvalue weighted by Gasteiger charge is 2.30. The highest BCUT2D eigenvalue weighted by atomic mass is 19.4. The molecule has 2 N–H and O–H groups in total. The normalized spacial score (nSPS) is 12.2. The lowest BCUT2D eigenvalue weighted by Crippen LogP contribution is -2.40. The molecule has 0 aromatic heterocycles. The molecule has 0 rings (SSSR count). The number of guanidine groups is 1. The van der Waals surface area contributed by atoms with Crippen LogP contribution in [0.2, 0.25) is 0 Å². The third-order valence-electron chi connectivity index (χ3n) is 2.96. The van der Waals surface area contributed by atoms with Crippen LogP contribution in [0.1, 0.15) is 33.1 Å². The molecule has 0 aromatic rings. The van der Waals surface area contributed by atoms with Gasteiger partial charge in [0.1, 0.15) is 13.1 Å². The molecule has 24 heavy (non-hydrogen) atoms. The monoisotopic (exact) mass is 354 g/mol. The number of halogens is 3. The standard InChI is InChI=1S/C15H29F3N4O2/c1-4-6-9-24-10-7-8-20-14(19-5-2)21-11-13(23)22(3)12-15(16,17)18/h4-12H2,1-3H3,(H2,19,20,21). The van der Waals surface area contributed by atoms with Crippen LogP contribution >= 0.6 is 0 Å². The van der Waals surface area contributed by atoms with Gasteiger partial charge < -0.3 is 20.3 Å². The molecule has 9 heteroatoms. The summed E-state index contributed by atoms with van der Waals surface area (Å²) in [4.78, 5) is 16.3. The molecule has 0 aliphatic heterocycles. The predicted molar refractivity (Wildman–Crippen MR) is 88.0 cm³/mol. The zero-order chi connectivity index (χ0) is 18.4. The number of unbranched alkanes of at least 4 members (excludes halogenated alkanes) is 1. The maximum atomic E-state index is 12.2. The van der Waals surface area contributed by atoms with Crippen LogP contribution < -0.4 is 10.6 Å². The maximum Gasteiger partial charge on any atom is 0.406 e. The van der Waals surface area contributed by atoms with Gasteiger partial charge in [-0.25, -0.2) is 4.99 Å². The summed E-state index contributed by atoms with van der Waals surface area (Å²) in [7, 11) is 1.11. The van der Waals surface area contributed by atoms with Crippen LogP contribution in [-0.2, 0) is 9.53 Å². The Kier molecular flexibility index (Phi) is 12.0. The smallest absolute Gasteiger partial charge is 0.381 e. The number of nitrogens with one attached hydrogen (secondary N) is 2. The Morgan fingerprint density at radius 1 is 1.17 bits per heavy atom. The lowest BCUT2D eigenvalue weighted by atomic mass is 10.4. The van der Waals surface area contributed by atoms with Gasteiger partial charge in [-0.3, -0.25) is 4.79 Å². The van der Waals surface area contributed by atoms with Crippen molar-refractivity contribution in [2.45, 2.75) is 39.3 Å². The topological polar surface area (TPSA) is 66.0 Å². The number of aliphatic imine (C=N–C) groups is 1. The average Bonchev–Trinajstić information content (AvgIpc) is 2.49. The van der Waals surface area contributed by atoms with Gasteiger partial charge in [0.2, 0.25) is 5.91 Å². The summed E-state index contributed by atoms with van der Waals surface area (Å²) >= 11 is 0. The third kappa shape index (κ3) is 13.0. The van der Waals surface area contributed by atoms with Crippen molar-refractivity contribution < 1.29 is 22.7 Å². The molecular weight excluding hydrogens is 325 g/mol. The number of rotatable bonds is 11. The van der Waals surface area contributed by atoms with Crippen LogP contribution in [0.25, 0.3) is 0 Å². The molecule has 0 bridgehead atoms. The molecule has 142 valence electrons. The number of hydrogen-bond donors (Lipinski definition) is 2. The molecule has 0 saturated carbocycles. The Morgan fingerprint density at radius 3 is 2.42 bits per heavy atom. The fourth-order valence-corrected chi connectivity index (χ4v) is 1.70. The van der Waals surface area contributed by atoms with E-state index in [9.17, 15) is 18.0 Å². The van der Waals surface area contributed by atoms with Crippen LogP contribution in [0.5, 0.6) is 0 Å². The Bertz CT molecular complexity index is 376. The van der Waals surface area contributed by atoms with Gasteiger partial charge in [-0.2, -0.15) is 13.2 Å². The molecule has 0 aliphatic carbocycles. The van der Waals surface area contributed by atoms with Crippen LogP contribution in [-0.4, -0.2) is 69.4 Å². The Hall–Kier alpha value is -1.51. The number of carbonyl (C=O) groups is 1. The molecule has 0 aliphatic rings. The molecule has 0 saturated heterocycles. The molecule has 0 fully saturated rings. The van der Waals surface area contributed by atoms with E-state index in [2.05, 4.69) is 22.5 Å². The predicted octanol–water partition coefficient (Wildman–Crippen LogP) is 1.77. The second-order valence-corrected chi connectivity index (χ2v) is 5.31. The van der Waals surface area contributed by atoms with E-state index < -0.39 is 18.6 Å². The van der Waals surface area contributed by atoms with Crippen molar-refractivity contribution in [1.82, 2.24) is 15.5 Å². The lowest BCUT2D eigenvalue weighted by Gasteiger charge is -2.18. The maximum absolute atomic E-state index is 12.2. The molecular formula is C15H29F3N4O2. The summed E-state index contributed by atoms with van der Waals surface area (Å²) in [6.07, 6.45) is -1.51. The van der Waals surface area contributed by atoms with Crippen LogP contribution in [0.3, 0.4) is 0 Å². The zero-order valence-electron chi connectivity index (χ0n) is 14.7. The summed E-state index contributed by atoms with van der Waals surface area (Å²) in [6.45, 7) is 4.90. The summed E-state index contributed by atoms with van der Waals surface area (Å²) in [5.41, 5.74) is 0. The largest absolute Gasteiger partial charge is 0.406 e. The van der Waals surface area contributed by atoms with Crippen molar-refractivity contribution in [2.75, 3.05) is 46.4 Å². The number of carbonyl (C=O) groups excluding carboxylic acids is 1. The summed E-state index contributed by atoms with van der Waals surface area (Å²) in [5.74, 6) is -0.285. The molecule has 0 radical (unpaired) electrons. The van der Waals surface area contributed by atoms with E-state index in [1.807, 2.05) is 6.92 Å². The van der Waals surface area contributed by atoms with Gasteiger partial charge in [0.15, 0.2) is 5.96 Å². The molecule has 0 spiro atoms. The van der Waals surface area contributed by atoms with Gasteiger partial charge in [0.25, 0.3) is 0 Å².